The molecule has 2 N–H and O–H groups in total. The fourth-order valence-electron chi connectivity index (χ4n) is 3.37. The summed E-state index contributed by atoms with van der Waals surface area (Å²) >= 11 is 0. The molecular formula is C22H23F3N2O4S. The standard InChI is InChI=1S/C22H23F3N2O4S/c1-21(2)12-15(18-9-6-16(22(23,24)25)11-19(18)31-21)10-20(28)26-13-14-4-7-17(8-5-14)27-32(3,29)30/h4-11,27H,12-13H2,1-3H3,(H,26,28)/b15-10+. The maximum Gasteiger partial charge on any atom is 0.416 e. The summed E-state index contributed by atoms with van der Waals surface area (Å²) in [4.78, 5) is 12.5. The van der Waals surface area contributed by atoms with E-state index in [1.165, 1.54) is 12.1 Å². The van der Waals surface area contributed by atoms with Crippen LogP contribution in [0, 0.1) is 0 Å². The summed E-state index contributed by atoms with van der Waals surface area (Å²) in [5, 5.41) is 2.73. The molecule has 1 heterocycles. The summed E-state index contributed by atoms with van der Waals surface area (Å²) < 4.78 is 69.7. The van der Waals surface area contributed by atoms with Gasteiger partial charge in [0.05, 0.1) is 11.8 Å². The molecule has 0 aromatic heterocycles. The molecule has 0 radical (unpaired) electrons. The van der Waals surface area contributed by atoms with Gasteiger partial charge in [-0.15, -0.1) is 0 Å². The van der Waals surface area contributed by atoms with E-state index < -0.39 is 33.3 Å². The molecule has 0 aliphatic carbocycles. The zero-order valence-corrected chi connectivity index (χ0v) is 18.5. The zero-order valence-electron chi connectivity index (χ0n) is 17.7. The highest BCUT2D eigenvalue weighted by atomic mass is 32.2. The summed E-state index contributed by atoms with van der Waals surface area (Å²) in [6.45, 7) is 3.68. The van der Waals surface area contributed by atoms with E-state index in [-0.39, 0.29) is 12.3 Å². The number of sulfonamides is 1. The Labute approximate surface area is 184 Å². The number of hydrogen-bond acceptors (Lipinski definition) is 4. The Balaban J connectivity index is 1.74. The third-order valence-electron chi connectivity index (χ3n) is 4.69. The lowest BCUT2D eigenvalue weighted by Crippen LogP contribution is -2.33. The first-order valence-corrected chi connectivity index (χ1v) is 11.6. The third kappa shape index (κ3) is 6.25. The summed E-state index contributed by atoms with van der Waals surface area (Å²) in [5.74, 6) is -0.314. The van der Waals surface area contributed by atoms with Gasteiger partial charge < -0.3 is 10.1 Å². The second-order valence-electron chi connectivity index (χ2n) is 8.21. The van der Waals surface area contributed by atoms with Crippen molar-refractivity contribution in [3.8, 4) is 5.75 Å². The lowest BCUT2D eigenvalue weighted by molar-refractivity contribution is -0.137. The second kappa shape index (κ2) is 8.50. The first-order chi connectivity index (χ1) is 14.7. The maximum atomic E-state index is 13.1. The molecule has 2 aromatic carbocycles. The Morgan fingerprint density at radius 3 is 2.41 bits per heavy atom. The van der Waals surface area contributed by atoms with Crippen LogP contribution in [-0.4, -0.2) is 26.2 Å². The van der Waals surface area contributed by atoms with E-state index in [2.05, 4.69) is 10.0 Å². The van der Waals surface area contributed by atoms with Crippen LogP contribution in [0.4, 0.5) is 18.9 Å². The van der Waals surface area contributed by atoms with Gasteiger partial charge in [-0.3, -0.25) is 9.52 Å². The minimum atomic E-state index is -4.49. The number of hydrogen-bond donors (Lipinski definition) is 2. The molecule has 3 rings (SSSR count). The second-order valence-corrected chi connectivity index (χ2v) is 9.95. The van der Waals surface area contributed by atoms with E-state index in [0.29, 0.717) is 23.2 Å². The Kier molecular flexibility index (Phi) is 6.28. The Morgan fingerprint density at radius 1 is 1.16 bits per heavy atom. The van der Waals surface area contributed by atoms with Gasteiger partial charge in [0.25, 0.3) is 0 Å². The van der Waals surface area contributed by atoms with Crippen molar-refractivity contribution in [2.75, 3.05) is 11.0 Å². The van der Waals surface area contributed by atoms with Crippen molar-refractivity contribution in [2.45, 2.75) is 38.6 Å². The molecule has 1 aliphatic heterocycles. The largest absolute Gasteiger partial charge is 0.487 e. The van der Waals surface area contributed by atoms with Gasteiger partial charge in [-0.1, -0.05) is 18.2 Å². The molecule has 10 heteroatoms. The number of fused-ring (bicyclic) bond motifs is 1. The van der Waals surface area contributed by atoms with Crippen molar-refractivity contribution in [1.29, 1.82) is 0 Å². The minimum Gasteiger partial charge on any atom is -0.487 e. The number of anilines is 1. The van der Waals surface area contributed by atoms with Gasteiger partial charge in [0.2, 0.25) is 15.9 Å². The first kappa shape index (κ1) is 23.6. The quantitative estimate of drug-likeness (QED) is 0.640. The number of benzene rings is 2. The molecule has 1 aliphatic rings. The molecule has 6 nitrogen and oxygen atoms in total. The minimum absolute atomic E-state index is 0.0871. The summed E-state index contributed by atoms with van der Waals surface area (Å²) in [7, 11) is -3.38. The first-order valence-electron chi connectivity index (χ1n) is 9.68. The summed E-state index contributed by atoms with van der Waals surface area (Å²) in [5.41, 5.74) is 0.596. The molecule has 2 aromatic rings. The zero-order chi connectivity index (χ0) is 23.7. The molecule has 0 spiro atoms. The van der Waals surface area contributed by atoms with Crippen LogP contribution in [-0.2, 0) is 27.5 Å². The predicted molar refractivity (Wildman–Crippen MR) is 116 cm³/mol. The van der Waals surface area contributed by atoms with Gasteiger partial charge in [0, 0.05) is 30.3 Å². The number of ether oxygens (including phenoxy) is 1. The molecule has 0 atom stereocenters. The van der Waals surface area contributed by atoms with Gasteiger partial charge in [-0.2, -0.15) is 13.2 Å². The molecule has 0 bridgehead atoms. The van der Waals surface area contributed by atoms with E-state index in [9.17, 15) is 26.4 Å². The molecule has 0 saturated carbocycles. The molecule has 1 amide bonds. The van der Waals surface area contributed by atoms with Crippen LogP contribution in [0.3, 0.4) is 0 Å². The monoisotopic (exact) mass is 468 g/mol. The van der Waals surface area contributed by atoms with Gasteiger partial charge in [-0.05, 0) is 49.2 Å². The van der Waals surface area contributed by atoms with Gasteiger partial charge in [0.15, 0.2) is 0 Å². The third-order valence-corrected chi connectivity index (χ3v) is 5.29. The summed E-state index contributed by atoms with van der Waals surface area (Å²) in [6, 6.07) is 9.75. The van der Waals surface area contributed by atoms with Crippen LogP contribution in [0.2, 0.25) is 0 Å². The Morgan fingerprint density at radius 2 is 1.81 bits per heavy atom. The lowest BCUT2D eigenvalue weighted by Gasteiger charge is -2.34. The Bertz CT molecular complexity index is 1150. The smallest absolute Gasteiger partial charge is 0.416 e. The van der Waals surface area contributed by atoms with Crippen molar-refractivity contribution >= 4 is 27.2 Å². The van der Waals surface area contributed by atoms with Crippen molar-refractivity contribution in [3.63, 3.8) is 0 Å². The number of alkyl halides is 3. The number of amides is 1. The SMILES string of the molecule is CC1(C)C/C(=C\C(=O)NCc2ccc(NS(C)(=O)=O)cc2)c2ccc(C(F)(F)F)cc2O1. The molecule has 32 heavy (non-hydrogen) atoms. The van der Waals surface area contributed by atoms with Crippen LogP contribution in [0.25, 0.3) is 5.57 Å². The van der Waals surface area contributed by atoms with Crippen molar-refractivity contribution < 1.29 is 31.1 Å². The van der Waals surface area contributed by atoms with E-state index >= 15 is 0 Å². The summed E-state index contributed by atoms with van der Waals surface area (Å²) in [6.07, 6.45) is -1.72. The van der Waals surface area contributed by atoms with E-state index in [4.69, 9.17) is 4.74 Å². The van der Waals surface area contributed by atoms with Crippen LogP contribution in [0.5, 0.6) is 5.75 Å². The van der Waals surface area contributed by atoms with Crippen molar-refractivity contribution in [1.82, 2.24) is 5.32 Å². The molecule has 0 fully saturated rings. The maximum absolute atomic E-state index is 13.1. The van der Waals surface area contributed by atoms with Gasteiger partial charge >= 0.3 is 6.18 Å². The average molecular weight is 468 g/mol. The van der Waals surface area contributed by atoms with Gasteiger partial charge in [-0.25, -0.2) is 8.42 Å². The van der Waals surface area contributed by atoms with E-state index in [1.54, 1.807) is 38.1 Å². The average Bonchev–Trinajstić information content (AvgIpc) is 2.64. The number of carbonyl (C=O) groups excluding carboxylic acids is 1. The highest BCUT2D eigenvalue weighted by Gasteiger charge is 2.35. The van der Waals surface area contributed by atoms with E-state index in [1.807, 2.05) is 0 Å². The molecule has 0 unspecified atom stereocenters. The predicted octanol–water partition coefficient (Wildman–Crippen LogP) is 4.34. The molecule has 172 valence electrons. The van der Waals surface area contributed by atoms with Crippen LogP contribution >= 0.6 is 0 Å². The van der Waals surface area contributed by atoms with Crippen molar-refractivity contribution in [2.24, 2.45) is 0 Å². The normalized spacial score (nSPS) is 16.8. The van der Waals surface area contributed by atoms with Gasteiger partial charge in [0.1, 0.15) is 11.4 Å². The highest BCUT2D eigenvalue weighted by molar-refractivity contribution is 7.92. The van der Waals surface area contributed by atoms with Crippen LogP contribution < -0.4 is 14.8 Å². The van der Waals surface area contributed by atoms with Crippen molar-refractivity contribution in [3.05, 3.63) is 65.2 Å². The van der Waals surface area contributed by atoms with E-state index in [0.717, 1.165) is 24.0 Å². The fraction of sp³-hybridized carbons (Fsp3) is 0.318. The Hall–Kier alpha value is -3.01. The molecular weight excluding hydrogens is 445 g/mol. The number of carbonyl (C=O) groups is 1. The number of nitrogens with one attached hydrogen (secondary N) is 2. The number of halogens is 3. The lowest BCUT2D eigenvalue weighted by atomic mass is 9.88. The van der Waals surface area contributed by atoms with Crippen LogP contribution in [0.1, 0.15) is 37.0 Å². The fourth-order valence-corrected chi connectivity index (χ4v) is 3.93. The number of rotatable bonds is 5. The topological polar surface area (TPSA) is 84.5 Å². The highest BCUT2D eigenvalue weighted by Crippen LogP contribution is 2.43. The molecule has 0 saturated heterocycles. The van der Waals surface area contributed by atoms with Crippen LogP contribution in [0.15, 0.2) is 48.5 Å².